The number of nitrogens with zero attached hydrogens (tertiary/aromatic N) is 1. The zero-order chi connectivity index (χ0) is 9.14. The fraction of sp³-hybridized carbons (Fsp3) is 0.375. The van der Waals surface area contributed by atoms with Gasteiger partial charge in [-0.25, -0.2) is 5.06 Å². The van der Waals surface area contributed by atoms with Gasteiger partial charge in [0.15, 0.2) is 0 Å². The van der Waals surface area contributed by atoms with Crippen molar-refractivity contribution in [2.75, 3.05) is 14.2 Å². The van der Waals surface area contributed by atoms with Gasteiger partial charge in [-0.1, -0.05) is 0 Å². The van der Waals surface area contributed by atoms with Crippen molar-refractivity contribution in [2.45, 2.75) is 6.92 Å². The van der Waals surface area contributed by atoms with Gasteiger partial charge in [0.05, 0.1) is 7.11 Å². The van der Waals surface area contributed by atoms with Gasteiger partial charge in [-0.3, -0.25) is 9.63 Å². The number of rotatable bonds is 2. The molecule has 1 rings (SSSR count). The normalized spacial score (nSPS) is 9.92. The van der Waals surface area contributed by atoms with Gasteiger partial charge in [-0.05, 0) is 18.6 Å². The molecule has 0 aliphatic heterocycles. The Bertz CT molecular complexity index is 280. The lowest BCUT2D eigenvalue weighted by atomic mass is 10.2. The van der Waals surface area contributed by atoms with Crippen LogP contribution in [0.2, 0.25) is 0 Å². The number of nitrogens with one attached hydrogen (secondary N) is 1. The number of hydrogen-bond donors (Lipinski definition) is 1. The molecular formula is C8H12N2O2. The molecule has 12 heavy (non-hydrogen) atoms. The van der Waals surface area contributed by atoms with Gasteiger partial charge in [-0.2, -0.15) is 0 Å². The van der Waals surface area contributed by atoms with Gasteiger partial charge in [-0.15, -0.1) is 0 Å². The number of H-pyrrole nitrogens is 1. The number of aromatic amines is 1. The standard InChI is InChI=1S/C8H12N2O2/c1-6-4-5-9-7(6)8(11)10(2)12-3/h4-5,9H,1-3H3. The predicted octanol–water partition coefficient (Wildman–Crippen LogP) is 0.957. The van der Waals surface area contributed by atoms with E-state index in [1.807, 2.05) is 13.0 Å². The third-order valence-electron chi connectivity index (χ3n) is 1.73. The van der Waals surface area contributed by atoms with Crippen LogP contribution in [-0.2, 0) is 4.84 Å². The van der Waals surface area contributed by atoms with Gasteiger partial charge in [0, 0.05) is 13.2 Å². The van der Waals surface area contributed by atoms with Crippen molar-refractivity contribution < 1.29 is 9.63 Å². The summed E-state index contributed by atoms with van der Waals surface area (Å²) in [7, 11) is 3.03. The third kappa shape index (κ3) is 1.48. The number of amides is 1. The Balaban J connectivity index is 2.85. The highest BCUT2D eigenvalue weighted by Crippen LogP contribution is 2.06. The number of aromatic nitrogens is 1. The molecule has 0 aliphatic rings. The van der Waals surface area contributed by atoms with Crippen molar-refractivity contribution in [1.82, 2.24) is 10.0 Å². The molecule has 0 saturated carbocycles. The lowest BCUT2D eigenvalue weighted by Gasteiger charge is -2.12. The van der Waals surface area contributed by atoms with Crippen molar-refractivity contribution in [1.29, 1.82) is 0 Å². The zero-order valence-corrected chi connectivity index (χ0v) is 7.42. The van der Waals surface area contributed by atoms with Gasteiger partial charge in [0.1, 0.15) is 5.69 Å². The molecule has 1 amide bonds. The summed E-state index contributed by atoms with van der Waals surface area (Å²) in [6, 6.07) is 1.84. The molecule has 0 aromatic carbocycles. The zero-order valence-electron chi connectivity index (χ0n) is 7.42. The lowest BCUT2D eigenvalue weighted by Crippen LogP contribution is -2.26. The fourth-order valence-electron chi connectivity index (χ4n) is 0.918. The quantitative estimate of drug-likeness (QED) is 0.668. The maximum absolute atomic E-state index is 11.4. The topological polar surface area (TPSA) is 45.3 Å². The maximum atomic E-state index is 11.4. The highest BCUT2D eigenvalue weighted by atomic mass is 16.7. The minimum Gasteiger partial charge on any atom is -0.357 e. The van der Waals surface area contributed by atoms with Crippen LogP contribution >= 0.6 is 0 Å². The molecule has 1 aromatic heterocycles. The van der Waals surface area contributed by atoms with E-state index in [9.17, 15) is 4.79 Å². The van der Waals surface area contributed by atoms with E-state index in [-0.39, 0.29) is 5.91 Å². The van der Waals surface area contributed by atoms with Crippen LogP contribution in [-0.4, -0.2) is 30.1 Å². The van der Waals surface area contributed by atoms with Crippen molar-refractivity contribution >= 4 is 5.91 Å². The first-order valence-corrected chi connectivity index (χ1v) is 3.63. The molecule has 1 N–H and O–H groups in total. The predicted molar refractivity (Wildman–Crippen MR) is 44.6 cm³/mol. The summed E-state index contributed by atoms with van der Waals surface area (Å²) >= 11 is 0. The number of hydrogen-bond acceptors (Lipinski definition) is 2. The Kier molecular flexibility index (Phi) is 2.50. The van der Waals surface area contributed by atoms with Crippen LogP contribution in [0.15, 0.2) is 12.3 Å². The molecule has 0 unspecified atom stereocenters. The summed E-state index contributed by atoms with van der Waals surface area (Å²) in [6.07, 6.45) is 1.73. The van der Waals surface area contributed by atoms with Crippen LogP contribution in [0.4, 0.5) is 0 Å². The molecular weight excluding hydrogens is 156 g/mol. The van der Waals surface area contributed by atoms with E-state index in [2.05, 4.69) is 4.98 Å². The van der Waals surface area contributed by atoms with E-state index in [1.165, 1.54) is 12.2 Å². The highest BCUT2D eigenvalue weighted by Gasteiger charge is 2.13. The van der Waals surface area contributed by atoms with E-state index >= 15 is 0 Å². The van der Waals surface area contributed by atoms with Gasteiger partial charge >= 0.3 is 0 Å². The van der Waals surface area contributed by atoms with E-state index in [0.29, 0.717) is 5.69 Å². The summed E-state index contributed by atoms with van der Waals surface area (Å²) in [5.74, 6) is -0.167. The Morgan fingerprint density at radius 1 is 1.67 bits per heavy atom. The van der Waals surface area contributed by atoms with E-state index in [4.69, 9.17) is 4.84 Å². The third-order valence-corrected chi connectivity index (χ3v) is 1.73. The molecule has 0 saturated heterocycles. The van der Waals surface area contributed by atoms with Crippen LogP contribution in [0.25, 0.3) is 0 Å². The second-order valence-corrected chi connectivity index (χ2v) is 2.52. The molecule has 0 aliphatic carbocycles. The molecule has 0 spiro atoms. The number of carbonyl (C=O) groups is 1. The second kappa shape index (κ2) is 3.40. The van der Waals surface area contributed by atoms with Crippen LogP contribution in [0.5, 0.6) is 0 Å². The molecule has 0 fully saturated rings. The Labute approximate surface area is 71.1 Å². The maximum Gasteiger partial charge on any atom is 0.293 e. The summed E-state index contributed by atoms with van der Waals surface area (Å²) in [5.41, 5.74) is 1.49. The molecule has 4 heteroatoms. The SMILES string of the molecule is CON(C)C(=O)c1[nH]ccc1C. The molecule has 0 radical (unpaired) electrons. The van der Waals surface area contributed by atoms with Crippen LogP contribution < -0.4 is 0 Å². The number of carbonyl (C=O) groups excluding carboxylic acids is 1. The van der Waals surface area contributed by atoms with Crippen LogP contribution in [0.1, 0.15) is 16.1 Å². The number of aryl methyl sites for hydroxylation is 1. The average molecular weight is 168 g/mol. The average Bonchev–Trinajstić information content (AvgIpc) is 2.48. The molecule has 0 atom stereocenters. The fourth-order valence-corrected chi connectivity index (χ4v) is 0.918. The molecule has 66 valence electrons. The van der Waals surface area contributed by atoms with E-state index in [0.717, 1.165) is 5.56 Å². The number of hydroxylamine groups is 2. The summed E-state index contributed by atoms with van der Waals surface area (Å²) < 4.78 is 0. The second-order valence-electron chi connectivity index (χ2n) is 2.52. The lowest BCUT2D eigenvalue weighted by molar-refractivity contribution is -0.0760. The first kappa shape index (κ1) is 8.80. The van der Waals surface area contributed by atoms with Crippen molar-refractivity contribution in [3.05, 3.63) is 23.5 Å². The minimum absolute atomic E-state index is 0.167. The van der Waals surface area contributed by atoms with Crippen molar-refractivity contribution in [3.63, 3.8) is 0 Å². The van der Waals surface area contributed by atoms with Gasteiger partial charge in [0.25, 0.3) is 5.91 Å². The monoisotopic (exact) mass is 168 g/mol. The largest absolute Gasteiger partial charge is 0.357 e. The van der Waals surface area contributed by atoms with Crippen LogP contribution in [0, 0.1) is 6.92 Å². The molecule has 1 aromatic rings. The van der Waals surface area contributed by atoms with Gasteiger partial charge < -0.3 is 4.98 Å². The Hall–Kier alpha value is -1.29. The minimum atomic E-state index is -0.167. The smallest absolute Gasteiger partial charge is 0.293 e. The summed E-state index contributed by atoms with van der Waals surface area (Å²) in [5, 5.41) is 1.18. The van der Waals surface area contributed by atoms with E-state index < -0.39 is 0 Å². The Morgan fingerprint density at radius 2 is 2.33 bits per heavy atom. The van der Waals surface area contributed by atoms with Crippen molar-refractivity contribution in [3.8, 4) is 0 Å². The summed E-state index contributed by atoms with van der Waals surface area (Å²) in [6.45, 7) is 1.87. The van der Waals surface area contributed by atoms with Crippen molar-refractivity contribution in [2.24, 2.45) is 0 Å². The molecule has 0 bridgehead atoms. The van der Waals surface area contributed by atoms with Gasteiger partial charge in [0.2, 0.25) is 0 Å². The molecule has 1 heterocycles. The first-order valence-electron chi connectivity index (χ1n) is 3.63. The highest BCUT2D eigenvalue weighted by molar-refractivity contribution is 5.92. The van der Waals surface area contributed by atoms with Crippen LogP contribution in [0.3, 0.4) is 0 Å². The first-order chi connectivity index (χ1) is 5.66. The van der Waals surface area contributed by atoms with E-state index in [1.54, 1.807) is 13.2 Å². The molecule has 4 nitrogen and oxygen atoms in total. The Morgan fingerprint density at radius 3 is 2.75 bits per heavy atom. The summed E-state index contributed by atoms with van der Waals surface area (Å²) in [4.78, 5) is 19.0.